The van der Waals surface area contributed by atoms with E-state index >= 15 is 0 Å². The number of aryl methyl sites for hydroxylation is 1. The van der Waals surface area contributed by atoms with E-state index in [1.54, 1.807) is 0 Å². The lowest BCUT2D eigenvalue weighted by Gasteiger charge is -2.08. The second kappa shape index (κ2) is 4.72. The maximum absolute atomic E-state index is 9.18. The number of nitrogens with zero attached hydrogens (tertiary/aromatic N) is 1. The van der Waals surface area contributed by atoms with Crippen molar-refractivity contribution in [2.24, 2.45) is 0 Å². The van der Waals surface area contributed by atoms with Crippen molar-refractivity contribution < 1.29 is 5.11 Å². The molecule has 17 heavy (non-hydrogen) atoms. The van der Waals surface area contributed by atoms with Gasteiger partial charge in [0, 0.05) is 11.3 Å². The number of nitrogens with one attached hydrogen (secondary N) is 1. The van der Waals surface area contributed by atoms with E-state index in [4.69, 9.17) is 0 Å². The molecular weight excluding hydrogens is 212 g/mol. The molecule has 0 saturated carbocycles. The monoisotopic (exact) mass is 230 g/mol. The van der Waals surface area contributed by atoms with E-state index in [2.05, 4.69) is 30.1 Å². The molecule has 0 unspecified atom stereocenters. The smallest absolute Gasteiger partial charge is 0.0728 e. The van der Waals surface area contributed by atoms with Crippen LogP contribution in [-0.4, -0.2) is 15.3 Å². The zero-order valence-electron chi connectivity index (χ0n) is 10.5. The van der Waals surface area contributed by atoms with E-state index in [1.807, 2.05) is 25.1 Å². The lowest BCUT2D eigenvalue weighted by atomic mass is 9.96. The number of aliphatic hydroxyl groups is 1. The minimum absolute atomic E-state index is 0.0712. The summed E-state index contributed by atoms with van der Waals surface area (Å²) >= 11 is 0. The zero-order valence-corrected chi connectivity index (χ0v) is 10.5. The maximum Gasteiger partial charge on any atom is 0.0728 e. The molecule has 1 aromatic carbocycles. The number of aromatic amines is 1. The van der Waals surface area contributed by atoms with Crippen LogP contribution in [0.25, 0.3) is 11.1 Å². The van der Waals surface area contributed by atoms with Crippen molar-refractivity contribution >= 4 is 0 Å². The van der Waals surface area contributed by atoms with E-state index in [1.165, 1.54) is 0 Å². The zero-order chi connectivity index (χ0) is 12.4. The number of hydrogen-bond donors (Lipinski definition) is 2. The van der Waals surface area contributed by atoms with E-state index in [9.17, 15) is 5.11 Å². The van der Waals surface area contributed by atoms with Crippen LogP contribution in [0.4, 0.5) is 0 Å². The summed E-state index contributed by atoms with van der Waals surface area (Å²) in [4.78, 5) is 0. The molecule has 2 N–H and O–H groups in total. The normalized spacial score (nSPS) is 11.1. The fourth-order valence-electron chi connectivity index (χ4n) is 2.06. The molecule has 0 amide bonds. The van der Waals surface area contributed by atoms with Crippen LogP contribution in [0.2, 0.25) is 0 Å². The fraction of sp³-hybridized carbons (Fsp3) is 0.357. The number of aliphatic hydroxyl groups excluding tert-OH is 1. The average Bonchev–Trinajstić information content (AvgIpc) is 2.71. The van der Waals surface area contributed by atoms with E-state index < -0.39 is 0 Å². The Morgan fingerprint density at radius 1 is 1.35 bits per heavy atom. The number of hydrogen-bond acceptors (Lipinski definition) is 2. The second-order valence-electron chi connectivity index (χ2n) is 4.62. The van der Waals surface area contributed by atoms with E-state index in [0.29, 0.717) is 5.92 Å². The molecule has 3 heteroatoms. The third-order valence-corrected chi connectivity index (χ3v) is 2.92. The summed E-state index contributed by atoms with van der Waals surface area (Å²) in [6.45, 7) is 6.37. The lowest BCUT2D eigenvalue weighted by Crippen LogP contribution is -1.92. The molecule has 0 aliphatic rings. The van der Waals surface area contributed by atoms with Crippen LogP contribution in [-0.2, 0) is 6.61 Å². The molecule has 1 heterocycles. The first-order chi connectivity index (χ1) is 8.13. The first kappa shape index (κ1) is 11.9. The van der Waals surface area contributed by atoms with Gasteiger partial charge in [-0.05, 0) is 30.0 Å². The Balaban J connectivity index is 2.55. The number of H-pyrrole nitrogens is 1. The van der Waals surface area contributed by atoms with Gasteiger partial charge in [0.15, 0.2) is 0 Å². The second-order valence-corrected chi connectivity index (χ2v) is 4.62. The van der Waals surface area contributed by atoms with Gasteiger partial charge in [-0.1, -0.05) is 32.0 Å². The molecule has 0 radical (unpaired) electrons. The summed E-state index contributed by atoms with van der Waals surface area (Å²) in [6.07, 6.45) is 0. The van der Waals surface area contributed by atoms with Crippen LogP contribution in [0.1, 0.15) is 36.7 Å². The highest BCUT2D eigenvalue weighted by Gasteiger charge is 2.15. The van der Waals surface area contributed by atoms with Gasteiger partial charge in [-0.15, -0.1) is 0 Å². The quantitative estimate of drug-likeness (QED) is 0.851. The molecule has 3 nitrogen and oxygen atoms in total. The van der Waals surface area contributed by atoms with Crippen molar-refractivity contribution in [3.63, 3.8) is 0 Å². The van der Waals surface area contributed by atoms with Crippen LogP contribution in [0.15, 0.2) is 24.3 Å². The number of benzene rings is 1. The van der Waals surface area contributed by atoms with Crippen molar-refractivity contribution in [3.05, 3.63) is 41.2 Å². The molecule has 2 rings (SSSR count). The number of rotatable bonds is 3. The van der Waals surface area contributed by atoms with Crippen molar-refractivity contribution in [2.45, 2.75) is 33.3 Å². The lowest BCUT2D eigenvalue weighted by molar-refractivity contribution is 0.282. The number of aromatic nitrogens is 2. The Hall–Kier alpha value is -1.61. The first-order valence-corrected chi connectivity index (χ1v) is 5.88. The summed E-state index contributed by atoms with van der Waals surface area (Å²) in [5.41, 5.74) is 5.36. The average molecular weight is 230 g/mol. The maximum atomic E-state index is 9.18. The van der Waals surface area contributed by atoms with Crippen molar-refractivity contribution in [1.29, 1.82) is 0 Å². The summed E-state index contributed by atoms with van der Waals surface area (Å²) in [6, 6.07) is 7.97. The van der Waals surface area contributed by atoms with Crippen LogP contribution in [0.3, 0.4) is 0 Å². The highest BCUT2D eigenvalue weighted by molar-refractivity contribution is 5.69. The van der Waals surface area contributed by atoms with Crippen LogP contribution in [0, 0.1) is 6.92 Å². The van der Waals surface area contributed by atoms with E-state index in [0.717, 1.165) is 28.1 Å². The summed E-state index contributed by atoms with van der Waals surface area (Å²) in [5.74, 6) is 0.382. The molecule has 0 fully saturated rings. The third-order valence-electron chi connectivity index (χ3n) is 2.92. The molecule has 0 atom stereocenters. The van der Waals surface area contributed by atoms with Gasteiger partial charge >= 0.3 is 0 Å². The molecule has 0 spiro atoms. The van der Waals surface area contributed by atoms with Gasteiger partial charge in [0.05, 0.1) is 12.3 Å². The summed E-state index contributed by atoms with van der Waals surface area (Å²) < 4.78 is 0. The van der Waals surface area contributed by atoms with Crippen molar-refractivity contribution in [3.8, 4) is 11.1 Å². The standard InChI is InChI=1S/C14H18N2O/c1-9(2)14-13(10(3)15-16-14)12-6-4-5-11(7-12)8-17/h4-7,9,17H,8H2,1-3H3,(H,15,16). The van der Waals surface area contributed by atoms with Gasteiger partial charge in [-0.3, -0.25) is 5.10 Å². The van der Waals surface area contributed by atoms with Gasteiger partial charge in [-0.2, -0.15) is 5.10 Å². The Bertz CT molecular complexity index is 515. The van der Waals surface area contributed by atoms with Gasteiger partial charge in [0.2, 0.25) is 0 Å². The van der Waals surface area contributed by atoms with Gasteiger partial charge in [0.25, 0.3) is 0 Å². The Labute approximate surface area is 102 Å². The van der Waals surface area contributed by atoms with Crippen LogP contribution in [0.5, 0.6) is 0 Å². The SMILES string of the molecule is Cc1[nH]nc(C(C)C)c1-c1cccc(CO)c1. The van der Waals surface area contributed by atoms with Gasteiger partial charge < -0.3 is 5.11 Å². The van der Waals surface area contributed by atoms with Crippen molar-refractivity contribution in [1.82, 2.24) is 10.2 Å². The Morgan fingerprint density at radius 3 is 2.76 bits per heavy atom. The highest BCUT2D eigenvalue weighted by atomic mass is 16.3. The fourth-order valence-corrected chi connectivity index (χ4v) is 2.06. The predicted molar refractivity (Wildman–Crippen MR) is 68.8 cm³/mol. The van der Waals surface area contributed by atoms with Crippen molar-refractivity contribution in [2.75, 3.05) is 0 Å². The Kier molecular flexibility index (Phi) is 3.29. The molecule has 90 valence electrons. The first-order valence-electron chi connectivity index (χ1n) is 5.88. The molecule has 0 aliphatic heterocycles. The largest absolute Gasteiger partial charge is 0.392 e. The third kappa shape index (κ3) is 2.24. The van der Waals surface area contributed by atoms with Crippen LogP contribution < -0.4 is 0 Å². The Morgan fingerprint density at radius 2 is 2.12 bits per heavy atom. The molecule has 2 aromatic rings. The molecule has 0 aliphatic carbocycles. The van der Waals surface area contributed by atoms with Gasteiger partial charge in [0.1, 0.15) is 0 Å². The summed E-state index contributed by atoms with van der Waals surface area (Å²) in [5, 5.41) is 16.6. The summed E-state index contributed by atoms with van der Waals surface area (Å²) in [7, 11) is 0. The minimum Gasteiger partial charge on any atom is -0.392 e. The molecule has 0 saturated heterocycles. The minimum atomic E-state index is 0.0712. The van der Waals surface area contributed by atoms with Gasteiger partial charge in [-0.25, -0.2) is 0 Å². The highest BCUT2D eigenvalue weighted by Crippen LogP contribution is 2.30. The van der Waals surface area contributed by atoms with Crippen LogP contribution >= 0.6 is 0 Å². The van der Waals surface area contributed by atoms with E-state index in [-0.39, 0.29) is 6.61 Å². The molecular formula is C14H18N2O. The topological polar surface area (TPSA) is 48.9 Å². The predicted octanol–water partition coefficient (Wildman–Crippen LogP) is 3.00. The molecule has 1 aromatic heterocycles. The molecule has 0 bridgehead atoms.